The molecule has 0 aliphatic rings. The Balaban J connectivity index is 1.80. The highest BCUT2D eigenvalue weighted by atomic mass is 32.1. The Labute approximate surface area is 120 Å². The van der Waals surface area contributed by atoms with Crippen molar-refractivity contribution in [3.8, 4) is 0 Å². The molecule has 5 heteroatoms. The molecule has 0 saturated carbocycles. The molecule has 2 heterocycles. The summed E-state index contributed by atoms with van der Waals surface area (Å²) in [4.78, 5) is 20.7. The molecule has 1 unspecified atom stereocenters. The average molecular weight is 285 g/mol. The molecule has 102 valence electrons. The van der Waals surface area contributed by atoms with E-state index in [-0.39, 0.29) is 11.9 Å². The van der Waals surface area contributed by atoms with Crippen LogP contribution < -0.4 is 5.32 Å². The number of hydrogen-bond acceptors (Lipinski definition) is 3. The van der Waals surface area contributed by atoms with E-state index >= 15 is 0 Å². The molecule has 1 atom stereocenters. The predicted octanol–water partition coefficient (Wildman–Crippen LogP) is 3.42. The number of carbonyl (C=O) groups is 1. The van der Waals surface area contributed by atoms with Crippen molar-refractivity contribution in [1.82, 2.24) is 15.3 Å². The maximum absolute atomic E-state index is 12.2. The number of hydrogen-bond donors (Lipinski definition) is 2. The van der Waals surface area contributed by atoms with Crippen LogP contribution in [0.15, 0.2) is 35.7 Å². The van der Waals surface area contributed by atoms with Gasteiger partial charge in [-0.25, -0.2) is 4.98 Å². The molecule has 3 aromatic rings. The van der Waals surface area contributed by atoms with Gasteiger partial charge in [0.15, 0.2) is 0 Å². The molecule has 2 aromatic heterocycles. The summed E-state index contributed by atoms with van der Waals surface area (Å²) in [6.07, 6.45) is 0. The molecule has 0 bridgehead atoms. The monoisotopic (exact) mass is 285 g/mol. The van der Waals surface area contributed by atoms with Crippen LogP contribution in [-0.2, 0) is 0 Å². The number of benzene rings is 1. The molecule has 1 amide bonds. The average Bonchev–Trinajstić information content (AvgIpc) is 3.04. The molecule has 0 spiro atoms. The van der Waals surface area contributed by atoms with Crippen molar-refractivity contribution in [3.05, 3.63) is 52.0 Å². The first kappa shape index (κ1) is 12.9. The molecular weight excluding hydrogens is 270 g/mol. The van der Waals surface area contributed by atoms with Crippen LogP contribution in [0.2, 0.25) is 0 Å². The molecular formula is C15H15N3OS. The van der Waals surface area contributed by atoms with E-state index in [1.54, 1.807) is 0 Å². The molecule has 0 aliphatic carbocycles. The molecule has 0 aliphatic heterocycles. The summed E-state index contributed by atoms with van der Waals surface area (Å²) in [5, 5.41) is 4.90. The number of aryl methyl sites for hydroxylation is 1. The lowest BCUT2D eigenvalue weighted by molar-refractivity contribution is 0.0942. The Morgan fingerprint density at radius 2 is 2.15 bits per heavy atom. The molecule has 20 heavy (non-hydrogen) atoms. The lowest BCUT2D eigenvalue weighted by Crippen LogP contribution is -2.27. The van der Waals surface area contributed by atoms with Crippen LogP contribution in [-0.4, -0.2) is 15.9 Å². The maximum atomic E-state index is 12.2. The second kappa shape index (κ2) is 5.09. The fraction of sp³-hybridized carbons (Fsp3) is 0.200. The van der Waals surface area contributed by atoms with Gasteiger partial charge in [0.05, 0.1) is 22.0 Å². The van der Waals surface area contributed by atoms with Crippen molar-refractivity contribution in [1.29, 1.82) is 0 Å². The Morgan fingerprint density at radius 1 is 1.35 bits per heavy atom. The summed E-state index contributed by atoms with van der Waals surface area (Å²) < 4.78 is 0. The number of aromatic nitrogens is 2. The standard InChI is InChI=1S/C15H15N3OS/c1-9-7-8-20-13(9)15(19)16-10(2)14-17-11-5-3-4-6-12(11)18-14/h3-8,10H,1-2H3,(H,16,19)(H,17,18). The largest absolute Gasteiger partial charge is 0.342 e. The van der Waals surface area contributed by atoms with Crippen LogP contribution in [0.5, 0.6) is 0 Å². The number of fused-ring (bicyclic) bond motifs is 1. The van der Waals surface area contributed by atoms with Gasteiger partial charge in [-0.2, -0.15) is 0 Å². The zero-order chi connectivity index (χ0) is 14.1. The van der Waals surface area contributed by atoms with Gasteiger partial charge in [-0.15, -0.1) is 11.3 Å². The number of nitrogens with zero attached hydrogens (tertiary/aromatic N) is 1. The second-order valence-electron chi connectivity index (χ2n) is 4.77. The number of carbonyl (C=O) groups excluding carboxylic acids is 1. The number of H-pyrrole nitrogens is 1. The zero-order valence-electron chi connectivity index (χ0n) is 11.3. The third-order valence-electron chi connectivity index (χ3n) is 3.23. The molecule has 0 radical (unpaired) electrons. The van der Waals surface area contributed by atoms with Gasteiger partial charge in [0.2, 0.25) is 0 Å². The van der Waals surface area contributed by atoms with Crippen molar-refractivity contribution in [2.75, 3.05) is 0 Å². The number of nitrogens with one attached hydrogen (secondary N) is 2. The zero-order valence-corrected chi connectivity index (χ0v) is 12.1. The van der Waals surface area contributed by atoms with Gasteiger partial charge in [0.25, 0.3) is 5.91 Å². The lowest BCUT2D eigenvalue weighted by atomic mass is 10.2. The molecule has 4 nitrogen and oxygen atoms in total. The molecule has 0 fully saturated rings. The smallest absolute Gasteiger partial charge is 0.262 e. The summed E-state index contributed by atoms with van der Waals surface area (Å²) >= 11 is 1.46. The van der Waals surface area contributed by atoms with Crippen molar-refractivity contribution < 1.29 is 4.79 Å². The molecule has 2 N–H and O–H groups in total. The molecule has 3 rings (SSSR count). The van der Waals surface area contributed by atoms with Gasteiger partial charge < -0.3 is 10.3 Å². The van der Waals surface area contributed by atoms with Crippen molar-refractivity contribution in [3.63, 3.8) is 0 Å². The SMILES string of the molecule is Cc1ccsc1C(=O)NC(C)c1nc2ccccc2[nH]1. The third-order valence-corrected chi connectivity index (χ3v) is 4.25. The van der Waals surface area contributed by atoms with Crippen molar-refractivity contribution >= 4 is 28.3 Å². The first-order valence-corrected chi connectivity index (χ1v) is 7.32. The van der Waals surface area contributed by atoms with Crippen LogP contribution >= 0.6 is 11.3 Å². The quantitative estimate of drug-likeness (QED) is 0.774. The summed E-state index contributed by atoms with van der Waals surface area (Å²) in [5.41, 5.74) is 2.90. The highest BCUT2D eigenvalue weighted by Crippen LogP contribution is 2.19. The van der Waals surface area contributed by atoms with E-state index in [1.165, 1.54) is 11.3 Å². The minimum Gasteiger partial charge on any atom is -0.342 e. The summed E-state index contributed by atoms with van der Waals surface area (Å²) in [7, 11) is 0. The van der Waals surface area contributed by atoms with Crippen molar-refractivity contribution in [2.45, 2.75) is 19.9 Å². The van der Waals surface area contributed by atoms with E-state index in [9.17, 15) is 4.79 Å². The van der Waals surface area contributed by atoms with E-state index in [0.29, 0.717) is 0 Å². The number of amides is 1. The number of aromatic amines is 1. The maximum Gasteiger partial charge on any atom is 0.262 e. The lowest BCUT2D eigenvalue weighted by Gasteiger charge is -2.10. The van der Waals surface area contributed by atoms with Crippen molar-refractivity contribution in [2.24, 2.45) is 0 Å². The highest BCUT2D eigenvalue weighted by Gasteiger charge is 2.16. The van der Waals surface area contributed by atoms with Gasteiger partial charge in [0.1, 0.15) is 5.82 Å². The van der Waals surface area contributed by atoms with E-state index in [4.69, 9.17) is 0 Å². The van der Waals surface area contributed by atoms with Crippen LogP contribution in [0, 0.1) is 6.92 Å². The Bertz CT molecular complexity index is 726. The highest BCUT2D eigenvalue weighted by molar-refractivity contribution is 7.12. The van der Waals surface area contributed by atoms with Gasteiger partial charge in [-0.1, -0.05) is 12.1 Å². The van der Waals surface area contributed by atoms with E-state index in [0.717, 1.165) is 27.3 Å². The summed E-state index contributed by atoms with van der Waals surface area (Å²) in [5.74, 6) is 0.721. The summed E-state index contributed by atoms with van der Waals surface area (Å²) in [6, 6.07) is 9.63. The topological polar surface area (TPSA) is 57.8 Å². The Kier molecular flexibility index (Phi) is 3.28. The van der Waals surface area contributed by atoms with Crippen LogP contribution in [0.3, 0.4) is 0 Å². The molecule has 0 saturated heterocycles. The number of imidazole rings is 1. The predicted molar refractivity (Wildman–Crippen MR) is 81.0 cm³/mol. The van der Waals surface area contributed by atoms with Gasteiger partial charge >= 0.3 is 0 Å². The van der Waals surface area contributed by atoms with Crippen LogP contribution in [0.25, 0.3) is 11.0 Å². The van der Waals surface area contributed by atoms with E-state index in [1.807, 2.05) is 49.6 Å². The van der Waals surface area contributed by atoms with Crippen LogP contribution in [0.4, 0.5) is 0 Å². The molecule has 1 aromatic carbocycles. The fourth-order valence-electron chi connectivity index (χ4n) is 2.11. The number of para-hydroxylation sites is 2. The third kappa shape index (κ3) is 2.32. The van der Waals surface area contributed by atoms with E-state index in [2.05, 4.69) is 15.3 Å². The first-order chi connectivity index (χ1) is 9.65. The summed E-state index contributed by atoms with van der Waals surface area (Å²) in [6.45, 7) is 3.87. The fourth-order valence-corrected chi connectivity index (χ4v) is 2.94. The number of thiophene rings is 1. The normalized spacial score (nSPS) is 12.5. The van der Waals surface area contributed by atoms with Gasteiger partial charge in [-0.05, 0) is 43.0 Å². The van der Waals surface area contributed by atoms with Crippen LogP contribution in [0.1, 0.15) is 34.0 Å². The van der Waals surface area contributed by atoms with Gasteiger partial charge in [-0.3, -0.25) is 4.79 Å². The van der Waals surface area contributed by atoms with E-state index < -0.39 is 0 Å². The minimum atomic E-state index is -0.156. The Hall–Kier alpha value is -2.14. The first-order valence-electron chi connectivity index (χ1n) is 6.45. The number of rotatable bonds is 3. The second-order valence-corrected chi connectivity index (χ2v) is 5.68. The Morgan fingerprint density at radius 3 is 2.85 bits per heavy atom. The van der Waals surface area contributed by atoms with Gasteiger partial charge in [0, 0.05) is 0 Å². The minimum absolute atomic E-state index is 0.0505.